The fourth-order valence-electron chi connectivity index (χ4n) is 5.95. The molecule has 0 bridgehead atoms. The van der Waals surface area contributed by atoms with E-state index < -0.39 is 43.9 Å². The van der Waals surface area contributed by atoms with E-state index in [1.54, 1.807) is 55.6 Å². The van der Waals surface area contributed by atoms with Crippen LogP contribution in [-0.4, -0.2) is 96.9 Å². The third-order valence-electron chi connectivity index (χ3n) is 8.54. The van der Waals surface area contributed by atoms with Gasteiger partial charge in [0.1, 0.15) is 16.9 Å². The van der Waals surface area contributed by atoms with Gasteiger partial charge < -0.3 is 29.6 Å². The number of fused-ring (bicyclic) bond motifs is 2. The maximum absolute atomic E-state index is 14.1. The van der Waals surface area contributed by atoms with Crippen LogP contribution in [0.2, 0.25) is 0 Å². The van der Waals surface area contributed by atoms with Crippen LogP contribution in [0.4, 0.5) is 4.79 Å². The third kappa shape index (κ3) is 10.4. The number of para-hydroxylation sites is 2. The van der Waals surface area contributed by atoms with Crippen LogP contribution < -0.4 is 10.6 Å². The quantitative estimate of drug-likeness (QED) is 0.0932. The Morgan fingerprint density at radius 2 is 1.53 bits per heavy atom. The van der Waals surface area contributed by atoms with Gasteiger partial charge in [-0.25, -0.2) is 9.36 Å². The van der Waals surface area contributed by atoms with E-state index >= 15 is 0 Å². The van der Waals surface area contributed by atoms with Crippen LogP contribution in [0.25, 0.3) is 21.9 Å². The summed E-state index contributed by atoms with van der Waals surface area (Å²) in [6.45, 7) is 2.77. The molecule has 0 fully saturated rings. The van der Waals surface area contributed by atoms with Crippen molar-refractivity contribution in [2.75, 3.05) is 0 Å². The SMILES string of the molecule is CC(NC(=O)C(C)(Cc1cn(C(=O)c2ccccc2COP(=O)(O)O)c2ccccc12)NC(=O)OCc1cc2ccccc2o1)c1ccccc1.[NaH].[NaH]. The molecule has 0 saturated heterocycles. The number of ether oxygens (including phenoxy) is 1. The van der Waals surface area contributed by atoms with Crippen molar-refractivity contribution in [1.82, 2.24) is 15.2 Å². The number of carbonyl (C=O) groups excluding carboxylic acids is 3. The molecule has 0 spiro atoms. The molecule has 2 amide bonds. The molecule has 0 saturated carbocycles. The van der Waals surface area contributed by atoms with E-state index in [1.165, 1.54) is 10.6 Å². The molecule has 0 aliphatic heterocycles. The predicted octanol–water partition coefficient (Wildman–Crippen LogP) is 5.49. The van der Waals surface area contributed by atoms with Crippen molar-refractivity contribution in [2.24, 2.45) is 0 Å². The topological polar surface area (TPSA) is 169 Å². The standard InChI is InChI=1S/C38H36N3O9P.2Na.2H/c1-25(26-12-4-3-5-13-26)39-36(43)38(2,40-37(44)48-24-30-20-27-14-7-11-19-34(27)50-30)21-29-22-41(33-18-10-9-16-31(29)33)35(42)32-17-8-6-15-28(32)23-49-51(45,46)47;;;;/h3-20,22,25H,21,23-24H2,1-2H3,(H,39,43)(H,40,44)(H2,45,46,47);;;;. The Kier molecular flexibility index (Phi) is 14.5. The van der Waals surface area contributed by atoms with Crippen LogP contribution >= 0.6 is 7.82 Å². The Morgan fingerprint density at radius 1 is 0.868 bits per heavy atom. The summed E-state index contributed by atoms with van der Waals surface area (Å²) >= 11 is 0. The molecular weight excluding hydrogens is 719 g/mol. The van der Waals surface area contributed by atoms with Gasteiger partial charge in [-0.05, 0) is 54.8 Å². The fraction of sp³-hybridized carbons (Fsp3) is 0.184. The Hall–Kier alpha value is -3.52. The van der Waals surface area contributed by atoms with Crippen LogP contribution in [0.5, 0.6) is 0 Å². The van der Waals surface area contributed by atoms with Crippen molar-refractivity contribution in [2.45, 2.75) is 45.1 Å². The number of benzene rings is 4. The van der Waals surface area contributed by atoms with E-state index in [4.69, 9.17) is 13.7 Å². The Morgan fingerprint density at radius 3 is 2.26 bits per heavy atom. The van der Waals surface area contributed by atoms with Crippen molar-refractivity contribution in [3.8, 4) is 0 Å². The van der Waals surface area contributed by atoms with Gasteiger partial charge in [-0.15, -0.1) is 0 Å². The molecule has 0 aliphatic rings. The van der Waals surface area contributed by atoms with Crippen molar-refractivity contribution in [1.29, 1.82) is 0 Å². The zero-order valence-corrected chi connectivity index (χ0v) is 28.7. The molecule has 4 N–H and O–H groups in total. The summed E-state index contributed by atoms with van der Waals surface area (Å²) in [5.41, 5.74) is 1.49. The van der Waals surface area contributed by atoms with Crippen molar-refractivity contribution >= 4 is 107 Å². The van der Waals surface area contributed by atoms with Gasteiger partial charge in [0.2, 0.25) is 5.91 Å². The van der Waals surface area contributed by atoms with E-state index in [0.717, 1.165) is 10.9 Å². The molecule has 6 aromatic rings. The number of aromatic nitrogens is 1. The second-order valence-corrected chi connectivity index (χ2v) is 13.6. The molecule has 4 aromatic carbocycles. The summed E-state index contributed by atoms with van der Waals surface area (Å²) in [6, 6.07) is 31.6. The van der Waals surface area contributed by atoms with Gasteiger partial charge in [-0.2, -0.15) is 0 Å². The number of nitrogens with zero attached hydrogens (tertiary/aromatic N) is 1. The summed E-state index contributed by atoms with van der Waals surface area (Å²) in [5, 5.41) is 7.30. The molecule has 2 atom stereocenters. The predicted molar refractivity (Wildman–Crippen MR) is 204 cm³/mol. The summed E-state index contributed by atoms with van der Waals surface area (Å²) < 4.78 is 28.8. The zero-order valence-electron chi connectivity index (χ0n) is 27.8. The first-order chi connectivity index (χ1) is 24.4. The van der Waals surface area contributed by atoms with Crippen LogP contribution in [0, 0.1) is 0 Å². The molecule has 2 heterocycles. The molecule has 266 valence electrons. The van der Waals surface area contributed by atoms with Crippen LogP contribution in [-0.2, 0) is 38.3 Å². The van der Waals surface area contributed by atoms with Crippen molar-refractivity contribution in [3.63, 3.8) is 0 Å². The van der Waals surface area contributed by atoms with E-state index in [1.807, 2.05) is 67.6 Å². The first-order valence-electron chi connectivity index (χ1n) is 16.1. The van der Waals surface area contributed by atoms with E-state index in [2.05, 4.69) is 10.6 Å². The number of furan rings is 1. The van der Waals surface area contributed by atoms with Crippen LogP contribution in [0.15, 0.2) is 120 Å². The second-order valence-electron chi connectivity index (χ2n) is 12.3. The molecule has 2 aromatic heterocycles. The number of nitrogens with one attached hydrogen (secondary N) is 2. The normalized spacial score (nSPS) is 12.9. The molecule has 6 rings (SSSR count). The summed E-state index contributed by atoms with van der Waals surface area (Å²) in [4.78, 5) is 60.0. The number of rotatable bonds is 12. The number of hydrogen-bond donors (Lipinski definition) is 4. The molecule has 2 unspecified atom stereocenters. The molecule has 0 aliphatic carbocycles. The van der Waals surface area contributed by atoms with Gasteiger partial charge in [0.25, 0.3) is 5.91 Å². The number of hydrogen-bond acceptors (Lipinski definition) is 7. The number of phosphoric acid groups is 1. The zero-order chi connectivity index (χ0) is 36.2. The van der Waals surface area contributed by atoms with Crippen molar-refractivity contribution in [3.05, 3.63) is 143 Å². The monoisotopic (exact) mass is 757 g/mol. The molecule has 53 heavy (non-hydrogen) atoms. The molecule has 12 nitrogen and oxygen atoms in total. The van der Waals surface area contributed by atoms with Gasteiger partial charge in [-0.3, -0.25) is 18.7 Å². The fourth-order valence-corrected chi connectivity index (χ4v) is 6.25. The van der Waals surface area contributed by atoms with Crippen LogP contribution in [0.1, 0.15) is 52.7 Å². The maximum atomic E-state index is 14.1. The van der Waals surface area contributed by atoms with E-state index in [9.17, 15) is 28.7 Å². The summed E-state index contributed by atoms with van der Waals surface area (Å²) in [7, 11) is -4.80. The van der Waals surface area contributed by atoms with Gasteiger partial charge in [0, 0.05) is 29.0 Å². The van der Waals surface area contributed by atoms with Gasteiger partial charge in [-0.1, -0.05) is 84.9 Å². The summed E-state index contributed by atoms with van der Waals surface area (Å²) in [5.74, 6) is -0.532. The Labute approximate surface area is 350 Å². The minimum absolute atomic E-state index is 0. The number of phosphoric ester groups is 1. The van der Waals surface area contributed by atoms with E-state index in [-0.39, 0.29) is 83.3 Å². The first kappa shape index (κ1) is 42.2. The summed E-state index contributed by atoms with van der Waals surface area (Å²) in [6.07, 6.45) is 0.713. The number of carbonyl (C=O) groups is 3. The molecule has 15 heteroatoms. The average molecular weight is 758 g/mol. The Bertz CT molecular complexity index is 2240. The number of amides is 2. The van der Waals surface area contributed by atoms with Gasteiger partial charge in [0.05, 0.1) is 18.2 Å². The number of alkyl carbamates (subject to hydrolysis) is 1. The Balaban J connectivity index is 0.00000314. The minimum atomic E-state index is -4.80. The first-order valence-corrected chi connectivity index (χ1v) is 17.6. The second kappa shape index (κ2) is 18.2. The molecular formula is C38H38N3Na2O9P. The van der Waals surface area contributed by atoms with Crippen LogP contribution in [0.3, 0.4) is 0 Å². The third-order valence-corrected chi connectivity index (χ3v) is 9.01. The average Bonchev–Trinajstić information content (AvgIpc) is 3.71. The van der Waals surface area contributed by atoms with E-state index in [0.29, 0.717) is 27.8 Å². The molecule has 0 radical (unpaired) electrons. The van der Waals surface area contributed by atoms with Gasteiger partial charge in [0.15, 0.2) is 6.61 Å². The van der Waals surface area contributed by atoms with Crippen molar-refractivity contribution < 1.29 is 42.4 Å². The van der Waals surface area contributed by atoms with Gasteiger partial charge >= 0.3 is 73.0 Å².